The SMILES string of the molecule is CC(O)CC(=O)NC(C(=O)O)C(C)C. The van der Waals surface area contributed by atoms with Crippen molar-refractivity contribution in [3.63, 3.8) is 0 Å². The summed E-state index contributed by atoms with van der Waals surface area (Å²) >= 11 is 0. The van der Waals surface area contributed by atoms with Crippen molar-refractivity contribution >= 4 is 11.9 Å². The first-order valence-corrected chi connectivity index (χ1v) is 4.54. The number of carbonyl (C=O) groups excluding carboxylic acids is 1. The van der Waals surface area contributed by atoms with Gasteiger partial charge in [0.2, 0.25) is 5.91 Å². The fraction of sp³-hybridized carbons (Fsp3) is 0.778. The van der Waals surface area contributed by atoms with Crippen LogP contribution in [-0.2, 0) is 9.59 Å². The maximum atomic E-state index is 11.1. The van der Waals surface area contributed by atoms with E-state index in [2.05, 4.69) is 5.32 Å². The molecule has 2 atom stereocenters. The normalized spacial score (nSPS) is 14.9. The summed E-state index contributed by atoms with van der Waals surface area (Å²) in [5.41, 5.74) is 0. The molecule has 0 aliphatic carbocycles. The Morgan fingerprint density at radius 2 is 1.79 bits per heavy atom. The monoisotopic (exact) mass is 203 g/mol. The number of aliphatic hydroxyl groups is 1. The van der Waals surface area contributed by atoms with Crippen LogP contribution in [0.25, 0.3) is 0 Å². The number of aliphatic carboxylic acids is 1. The molecule has 0 aliphatic heterocycles. The second-order valence-corrected chi connectivity index (χ2v) is 3.68. The van der Waals surface area contributed by atoms with Crippen molar-refractivity contribution in [1.29, 1.82) is 0 Å². The van der Waals surface area contributed by atoms with E-state index < -0.39 is 24.0 Å². The Hall–Kier alpha value is -1.10. The average Bonchev–Trinajstić information content (AvgIpc) is 1.97. The minimum Gasteiger partial charge on any atom is -0.480 e. The van der Waals surface area contributed by atoms with Gasteiger partial charge in [-0.15, -0.1) is 0 Å². The molecule has 14 heavy (non-hydrogen) atoms. The number of aliphatic hydroxyl groups excluding tert-OH is 1. The summed E-state index contributed by atoms with van der Waals surface area (Å²) in [7, 11) is 0. The molecular formula is C9H17NO4. The molecule has 0 radical (unpaired) electrons. The van der Waals surface area contributed by atoms with E-state index in [9.17, 15) is 9.59 Å². The van der Waals surface area contributed by atoms with Gasteiger partial charge in [0, 0.05) is 0 Å². The number of hydrogen-bond donors (Lipinski definition) is 3. The van der Waals surface area contributed by atoms with Crippen molar-refractivity contribution in [2.24, 2.45) is 5.92 Å². The van der Waals surface area contributed by atoms with E-state index in [1.54, 1.807) is 13.8 Å². The molecule has 0 rings (SSSR count). The highest BCUT2D eigenvalue weighted by Crippen LogP contribution is 2.02. The summed E-state index contributed by atoms with van der Waals surface area (Å²) in [5, 5.41) is 20.0. The minimum atomic E-state index is -1.06. The van der Waals surface area contributed by atoms with E-state index in [0.29, 0.717) is 0 Å². The van der Waals surface area contributed by atoms with Crippen molar-refractivity contribution in [2.45, 2.75) is 39.3 Å². The Morgan fingerprint density at radius 1 is 1.29 bits per heavy atom. The quantitative estimate of drug-likeness (QED) is 0.586. The standard InChI is InChI=1S/C9H17NO4/c1-5(2)8(9(13)14)10-7(12)4-6(3)11/h5-6,8,11H,4H2,1-3H3,(H,10,12)(H,13,14). The summed E-state index contributed by atoms with van der Waals surface area (Å²) in [4.78, 5) is 21.8. The molecule has 0 fully saturated rings. The molecule has 0 aromatic heterocycles. The lowest BCUT2D eigenvalue weighted by Gasteiger charge is -2.18. The second-order valence-electron chi connectivity index (χ2n) is 3.68. The van der Waals surface area contributed by atoms with Crippen LogP contribution in [0.1, 0.15) is 27.2 Å². The summed E-state index contributed by atoms with van der Waals surface area (Å²) in [5.74, 6) is -1.68. The smallest absolute Gasteiger partial charge is 0.326 e. The van der Waals surface area contributed by atoms with E-state index in [-0.39, 0.29) is 12.3 Å². The fourth-order valence-electron chi connectivity index (χ4n) is 1.01. The topological polar surface area (TPSA) is 86.6 Å². The maximum Gasteiger partial charge on any atom is 0.326 e. The number of nitrogens with one attached hydrogen (secondary N) is 1. The Labute approximate surface area is 83.1 Å². The first-order chi connectivity index (χ1) is 6.34. The predicted octanol–water partition coefficient (Wildman–Crippen LogP) is -0.0173. The summed E-state index contributed by atoms with van der Waals surface area (Å²) in [6.45, 7) is 4.90. The zero-order valence-electron chi connectivity index (χ0n) is 8.65. The van der Waals surface area contributed by atoms with Gasteiger partial charge >= 0.3 is 5.97 Å². The largest absolute Gasteiger partial charge is 0.480 e. The predicted molar refractivity (Wildman–Crippen MR) is 50.7 cm³/mol. The van der Waals surface area contributed by atoms with Crippen LogP contribution in [-0.4, -0.2) is 34.2 Å². The molecule has 2 unspecified atom stereocenters. The van der Waals surface area contributed by atoms with Crippen LogP contribution in [0.4, 0.5) is 0 Å². The number of rotatable bonds is 5. The third kappa shape index (κ3) is 4.81. The zero-order valence-corrected chi connectivity index (χ0v) is 8.65. The van der Waals surface area contributed by atoms with Crippen LogP contribution < -0.4 is 5.32 Å². The molecule has 0 heterocycles. The zero-order chi connectivity index (χ0) is 11.3. The molecule has 0 saturated heterocycles. The number of hydrogen-bond acceptors (Lipinski definition) is 3. The number of carboxylic acids is 1. The molecule has 3 N–H and O–H groups in total. The molecule has 0 aromatic rings. The van der Waals surface area contributed by atoms with E-state index in [4.69, 9.17) is 10.2 Å². The van der Waals surface area contributed by atoms with Gasteiger partial charge in [-0.05, 0) is 12.8 Å². The maximum absolute atomic E-state index is 11.1. The summed E-state index contributed by atoms with van der Waals surface area (Å²) < 4.78 is 0. The first kappa shape index (κ1) is 12.9. The third-order valence-corrected chi connectivity index (χ3v) is 1.73. The highest BCUT2D eigenvalue weighted by Gasteiger charge is 2.23. The van der Waals surface area contributed by atoms with E-state index >= 15 is 0 Å². The third-order valence-electron chi connectivity index (χ3n) is 1.73. The molecule has 5 nitrogen and oxygen atoms in total. The summed E-state index contributed by atoms with van der Waals surface area (Å²) in [6.07, 6.45) is -0.826. The summed E-state index contributed by atoms with van der Waals surface area (Å²) in [6, 6.07) is -0.888. The molecule has 5 heteroatoms. The molecule has 1 amide bonds. The molecule has 0 saturated carbocycles. The molecule has 0 aromatic carbocycles. The molecular weight excluding hydrogens is 186 g/mol. The number of amides is 1. The van der Waals surface area contributed by atoms with Crippen molar-refractivity contribution in [3.8, 4) is 0 Å². The molecule has 0 bridgehead atoms. The van der Waals surface area contributed by atoms with Crippen LogP contribution in [0, 0.1) is 5.92 Å². The van der Waals surface area contributed by atoms with Crippen molar-refractivity contribution in [3.05, 3.63) is 0 Å². The van der Waals surface area contributed by atoms with Gasteiger partial charge in [0.15, 0.2) is 0 Å². The van der Waals surface area contributed by atoms with Gasteiger partial charge < -0.3 is 15.5 Å². The molecule has 0 spiro atoms. The number of carboxylic acid groups (broad SMARTS) is 1. The van der Waals surface area contributed by atoms with E-state index in [0.717, 1.165) is 0 Å². The number of carbonyl (C=O) groups is 2. The van der Waals surface area contributed by atoms with Gasteiger partial charge in [0.25, 0.3) is 0 Å². The van der Waals surface area contributed by atoms with Crippen LogP contribution in [0.2, 0.25) is 0 Å². The van der Waals surface area contributed by atoms with E-state index in [1.165, 1.54) is 6.92 Å². The van der Waals surface area contributed by atoms with Crippen LogP contribution in [0.5, 0.6) is 0 Å². The lowest BCUT2D eigenvalue weighted by molar-refractivity contribution is -0.143. The second kappa shape index (κ2) is 5.59. The average molecular weight is 203 g/mol. The van der Waals surface area contributed by atoms with Gasteiger partial charge in [-0.25, -0.2) is 4.79 Å². The van der Waals surface area contributed by atoms with Crippen molar-refractivity contribution < 1.29 is 19.8 Å². The Balaban J connectivity index is 4.17. The van der Waals surface area contributed by atoms with Crippen LogP contribution in [0.3, 0.4) is 0 Å². The van der Waals surface area contributed by atoms with Gasteiger partial charge in [0.1, 0.15) is 6.04 Å². The van der Waals surface area contributed by atoms with Crippen LogP contribution >= 0.6 is 0 Å². The Kier molecular flexibility index (Phi) is 5.15. The highest BCUT2D eigenvalue weighted by molar-refractivity contribution is 5.83. The lowest BCUT2D eigenvalue weighted by atomic mass is 10.0. The van der Waals surface area contributed by atoms with Gasteiger partial charge in [-0.1, -0.05) is 13.8 Å². The van der Waals surface area contributed by atoms with Gasteiger partial charge in [-0.3, -0.25) is 4.79 Å². The van der Waals surface area contributed by atoms with E-state index in [1.807, 2.05) is 0 Å². The lowest BCUT2D eigenvalue weighted by Crippen LogP contribution is -2.44. The van der Waals surface area contributed by atoms with Gasteiger partial charge in [0.05, 0.1) is 12.5 Å². The van der Waals surface area contributed by atoms with Gasteiger partial charge in [-0.2, -0.15) is 0 Å². The minimum absolute atomic E-state index is 0.0729. The molecule has 0 aliphatic rings. The Bertz CT molecular complexity index is 213. The van der Waals surface area contributed by atoms with Crippen LogP contribution in [0.15, 0.2) is 0 Å². The fourth-order valence-corrected chi connectivity index (χ4v) is 1.01. The van der Waals surface area contributed by atoms with Crippen molar-refractivity contribution in [2.75, 3.05) is 0 Å². The van der Waals surface area contributed by atoms with Crippen molar-refractivity contribution in [1.82, 2.24) is 5.32 Å². The highest BCUT2D eigenvalue weighted by atomic mass is 16.4. The Morgan fingerprint density at radius 3 is 2.07 bits per heavy atom. The first-order valence-electron chi connectivity index (χ1n) is 4.54. The molecule has 82 valence electrons.